The summed E-state index contributed by atoms with van der Waals surface area (Å²) in [5.74, 6) is -1.21. The van der Waals surface area contributed by atoms with Crippen molar-refractivity contribution in [1.82, 2.24) is 9.97 Å². The van der Waals surface area contributed by atoms with Crippen LogP contribution in [-0.2, 0) is 20.1 Å². The van der Waals surface area contributed by atoms with Crippen LogP contribution in [0.4, 0.5) is 13.2 Å². The molecule has 8 heteroatoms. The van der Waals surface area contributed by atoms with Gasteiger partial charge in [-0.15, -0.1) is 34.9 Å². The van der Waals surface area contributed by atoms with Gasteiger partial charge in [-0.05, 0) is 90.4 Å². The molecule has 2 aromatic heterocycles. The Morgan fingerprint density at radius 2 is 1.36 bits per heavy atom. The Morgan fingerprint density at radius 3 is 2.00 bits per heavy atom. The maximum atomic E-state index is 15.8. The van der Waals surface area contributed by atoms with E-state index in [1.807, 2.05) is 45.9 Å². The molecule has 0 amide bonds. The van der Waals surface area contributed by atoms with E-state index in [0.29, 0.717) is 49.9 Å². The van der Waals surface area contributed by atoms with Gasteiger partial charge in [0.05, 0.1) is 22.6 Å². The van der Waals surface area contributed by atoms with Gasteiger partial charge in [0.1, 0.15) is 23.2 Å². The number of pyridine rings is 2. The minimum atomic E-state index is -0.699. The van der Waals surface area contributed by atoms with Crippen molar-refractivity contribution in [1.29, 1.82) is 0 Å². The predicted molar refractivity (Wildman–Crippen MR) is 209 cm³/mol. The maximum absolute atomic E-state index is 15.8. The summed E-state index contributed by atoms with van der Waals surface area (Å²) in [7, 11) is 0. The molecular formula is C45H47F3IrN2O2. The second-order valence-corrected chi connectivity index (χ2v) is 14.2. The van der Waals surface area contributed by atoms with Crippen molar-refractivity contribution in [2.45, 2.75) is 81.1 Å². The molecule has 0 aliphatic carbocycles. The van der Waals surface area contributed by atoms with Crippen molar-refractivity contribution >= 4 is 38.2 Å². The molecule has 53 heavy (non-hydrogen) atoms. The fourth-order valence-electron chi connectivity index (χ4n) is 6.54. The molecule has 6 rings (SSSR count). The van der Waals surface area contributed by atoms with Gasteiger partial charge in [-0.2, -0.15) is 0 Å². The molecular weight excluding hydrogens is 850 g/mol. The average Bonchev–Trinajstić information content (AvgIpc) is 3.13. The number of carbonyl (C=O) groups excluding carboxylic acids is 1. The quantitative estimate of drug-likeness (QED) is 0.0517. The summed E-state index contributed by atoms with van der Waals surface area (Å²) in [5, 5.41) is 12.7. The monoisotopic (exact) mass is 897 g/mol. The van der Waals surface area contributed by atoms with Gasteiger partial charge < -0.3 is 10.1 Å². The largest absolute Gasteiger partial charge is 0.511 e. The molecule has 279 valence electrons. The van der Waals surface area contributed by atoms with E-state index in [2.05, 4.69) is 43.7 Å². The van der Waals surface area contributed by atoms with Crippen molar-refractivity contribution in [3.8, 4) is 22.4 Å². The first-order valence-corrected chi connectivity index (χ1v) is 17.9. The van der Waals surface area contributed by atoms with Crippen molar-refractivity contribution in [2.75, 3.05) is 0 Å². The summed E-state index contributed by atoms with van der Waals surface area (Å²) in [6, 6.07) is 19.7. The fraction of sp³-hybridized carbons (Fsp3) is 0.311. The smallest absolute Gasteiger partial charge is 0.325 e. The summed E-state index contributed by atoms with van der Waals surface area (Å²) in [4.78, 5) is 18.9. The maximum Gasteiger partial charge on any atom is 0.325 e. The molecule has 4 aromatic carbocycles. The third kappa shape index (κ3) is 8.24. The van der Waals surface area contributed by atoms with Crippen LogP contribution in [-0.4, -0.2) is 25.7 Å². The van der Waals surface area contributed by atoms with Crippen LogP contribution in [0.25, 0.3) is 54.8 Å². The molecule has 2 heterocycles. The molecule has 0 atom stereocenters. The van der Waals surface area contributed by atoms with Gasteiger partial charge in [0.25, 0.3) is 0 Å². The first-order valence-electron chi connectivity index (χ1n) is 17.9. The number of allylic oxidation sites excluding steroid dienone is 2. The van der Waals surface area contributed by atoms with E-state index in [4.69, 9.17) is 0 Å². The average molecular weight is 897 g/mol. The topological polar surface area (TPSA) is 67.4 Å². The molecule has 0 saturated carbocycles. The normalized spacial score (nSPS) is 12.1. The van der Waals surface area contributed by atoms with Crippen molar-refractivity contribution in [2.24, 2.45) is 10.8 Å². The Hall–Kier alpha value is -4.39. The van der Waals surface area contributed by atoms with E-state index in [9.17, 15) is 14.3 Å². The molecule has 0 saturated heterocycles. The first-order chi connectivity index (χ1) is 24.7. The van der Waals surface area contributed by atoms with Crippen LogP contribution in [0.2, 0.25) is 0 Å². The summed E-state index contributed by atoms with van der Waals surface area (Å²) in [6.07, 6.45) is 8.03. The Balaban J connectivity index is 0.000000299. The van der Waals surface area contributed by atoms with Gasteiger partial charge in [-0.1, -0.05) is 66.7 Å². The number of aromatic nitrogens is 2. The predicted octanol–water partition coefficient (Wildman–Crippen LogP) is 12.7. The number of hydrogen-bond acceptors (Lipinski definition) is 3. The van der Waals surface area contributed by atoms with E-state index in [0.717, 1.165) is 47.8 Å². The van der Waals surface area contributed by atoms with Crippen molar-refractivity contribution < 1.29 is 43.2 Å². The van der Waals surface area contributed by atoms with Crippen LogP contribution in [0.1, 0.15) is 78.4 Å². The number of aliphatic hydroxyl groups is 1. The van der Waals surface area contributed by atoms with Crippen molar-refractivity contribution in [3.63, 3.8) is 0 Å². The first kappa shape index (κ1) is 41.4. The molecule has 6 aromatic rings. The van der Waals surface area contributed by atoms with Gasteiger partial charge in [0.2, 0.25) is 0 Å². The Bertz CT molecular complexity index is 2310. The third-order valence-corrected chi connectivity index (χ3v) is 11.0. The standard InChI is InChI=1S/C30H18F3N2.C15H28O2.Ir/c1-16-11-17(2)13-19(12-16)30-22-6-5-21-24(20(22)7-9-35-30)15-26(32)28(29(21)33)18-3-4-23-25(31)8-10-34-27(23)14-18;1-7-14(5,8-2)12(16)11-13(17)15(6,9-3)10-4;/h3-12,14-15H,1-2H3;11,16H,7-10H2,1-6H3;/q-1;;/p+1/b;12-11-;. The number of rotatable bonds is 9. The van der Waals surface area contributed by atoms with E-state index >= 15 is 8.78 Å². The molecule has 4 nitrogen and oxygen atoms in total. The van der Waals surface area contributed by atoms with Gasteiger partial charge in [0.15, 0.2) is 0 Å². The van der Waals surface area contributed by atoms with Crippen LogP contribution in [0, 0.1) is 48.2 Å². The summed E-state index contributed by atoms with van der Waals surface area (Å²) >= 11 is 0. The fourth-order valence-corrected chi connectivity index (χ4v) is 6.54. The number of aliphatic hydroxyl groups excluding tert-OH is 1. The molecule has 0 spiro atoms. The molecule has 2 N–H and O–H groups in total. The van der Waals surface area contributed by atoms with Gasteiger partial charge in [-0.25, -0.2) is 13.2 Å². The SMILES string of the molecule is CCC(C)(CC)C(=[OH+])/C=C(\O)C(C)(CC)CC.Cc1[c-]c(-c2nccc3c2ccc2c(F)c(-c4ccc5c(F)ccnc5c4)c(F)cc23)cc(C)c1.[Ir]. The Kier molecular flexibility index (Phi) is 13.1. The molecule has 0 aliphatic rings. The molecule has 0 bridgehead atoms. The zero-order valence-corrected chi connectivity index (χ0v) is 34.0. The summed E-state index contributed by atoms with van der Waals surface area (Å²) in [6.45, 7) is 16.3. The van der Waals surface area contributed by atoms with E-state index in [1.54, 1.807) is 24.4 Å². The van der Waals surface area contributed by atoms with Crippen LogP contribution < -0.4 is 0 Å². The Labute approximate surface area is 323 Å². The number of benzene rings is 4. The van der Waals surface area contributed by atoms with E-state index in [-0.39, 0.29) is 36.5 Å². The van der Waals surface area contributed by atoms with Crippen LogP contribution in [0.15, 0.2) is 84.9 Å². The number of fused-ring (bicyclic) bond motifs is 4. The number of halogens is 3. The van der Waals surface area contributed by atoms with Crippen LogP contribution in [0.5, 0.6) is 0 Å². The van der Waals surface area contributed by atoms with Gasteiger partial charge in [0, 0.05) is 48.7 Å². The number of nitrogens with zero attached hydrogens (tertiary/aromatic N) is 2. The molecule has 1 radical (unpaired) electrons. The number of ketones is 1. The van der Waals surface area contributed by atoms with Crippen LogP contribution >= 0.6 is 0 Å². The number of hydrogen-bond donors (Lipinski definition) is 1. The zero-order chi connectivity index (χ0) is 38.0. The third-order valence-electron chi connectivity index (χ3n) is 11.0. The summed E-state index contributed by atoms with van der Waals surface area (Å²) in [5.41, 5.74) is 3.64. The van der Waals surface area contributed by atoms with E-state index < -0.39 is 17.5 Å². The van der Waals surface area contributed by atoms with Gasteiger partial charge >= 0.3 is 5.78 Å². The van der Waals surface area contributed by atoms with Crippen molar-refractivity contribution in [3.05, 3.63) is 120 Å². The summed E-state index contributed by atoms with van der Waals surface area (Å²) < 4.78 is 45.3. The zero-order valence-electron chi connectivity index (χ0n) is 31.6. The second-order valence-electron chi connectivity index (χ2n) is 14.2. The second kappa shape index (κ2) is 16.7. The molecule has 0 unspecified atom stereocenters. The molecule has 0 fully saturated rings. The number of aryl methyl sites for hydroxylation is 2. The molecule has 0 aliphatic heterocycles. The minimum Gasteiger partial charge on any atom is -0.511 e. The minimum absolute atomic E-state index is 0. The van der Waals surface area contributed by atoms with Crippen LogP contribution in [0.3, 0.4) is 0 Å². The van der Waals surface area contributed by atoms with E-state index in [1.165, 1.54) is 36.5 Å². The van der Waals surface area contributed by atoms with Gasteiger partial charge in [-0.3, -0.25) is 9.78 Å². The Morgan fingerprint density at radius 1 is 0.736 bits per heavy atom.